The van der Waals surface area contributed by atoms with Crippen LogP contribution in [0.15, 0.2) is 47.2 Å². The Kier molecular flexibility index (Phi) is 4.76. The van der Waals surface area contributed by atoms with Gasteiger partial charge < -0.3 is 5.32 Å². The van der Waals surface area contributed by atoms with Gasteiger partial charge in [-0.2, -0.15) is 0 Å². The first-order valence-corrected chi connectivity index (χ1v) is 8.60. The van der Waals surface area contributed by atoms with Gasteiger partial charge in [-0.05, 0) is 12.1 Å². The fourth-order valence-electron chi connectivity index (χ4n) is 1.66. The first-order valence-electron chi connectivity index (χ1n) is 6.28. The molecule has 0 aliphatic rings. The normalized spacial score (nSPS) is 11.6. The van der Waals surface area contributed by atoms with Crippen LogP contribution in [0, 0.1) is 0 Å². The van der Waals surface area contributed by atoms with Crippen molar-refractivity contribution in [3.63, 3.8) is 0 Å². The SMILES string of the molecule is C=CCNc1nc(-c2ccc(S(=O)(=O)N(C)C)cc2)cs1. The van der Waals surface area contributed by atoms with Gasteiger partial charge in [0.05, 0.1) is 10.6 Å². The van der Waals surface area contributed by atoms with E-state index in [1.54, 1.807) is 30.3 Å². The largest absolute Gasteiger partial charge is 0.358 e. The number of sulfonamides is 1. The van der Waals surface area contributed by atoms with Gasteiger partial charge in [0.1, 0.15) is 0 Å². The molecule has 1 N–H and O–H groups in total. The van der Waals surface area contributed by atoms with Crippen LogP contribution in [0.2, 0.25) is 0 Å². The molecule has 0 aliphatic carbocycles. The van der Waals surface area contributed by atoms with Gasteiger partial charge in [-0.15, -0.1) is 17.9 Å². The Morgan fingerprint density at radius 1 is 1.33 bits per heavy atom. The fourth-order valence-corrected chi connectivity index (χ4v) is 3.29. The smallest absolute Gasteiger partial charge is 0.242 e. The Hall–Kier alpha value is -1.70. The quantitative estimate of drug-likeness (QED) is 0.830. The molecule has 21 heavy (non-hydrogen) atoms. The monoisotopic (exact) mass is 323 g/mol. The van der Waals surface area contributed by atoms with Crippen molar-refractivity contribution in [3.05, 3.63) is 42.3 Å². The fraction of sp³-hybridized carbons (Fsp3) is 0.214. The van der Waals surface area contributed by atoms with Crippen LogP contribution < -0.4 is 5.32 Å². The minimum Gasteiger partial charge on any atom is -0.358 e. The minimum atomic E-state index is -3.39. The lowest BCUT2D eigenvalue weighted by molar-refractivity contribution is 0.521. The summed E-state index contributed by atoms with van der Waals surface area (Å²) in [4.78, 5) is 4.72. The predicted octanol–water partition coefficient (Wildman–Crippen LogP) is 2.66. The number of nitrogens with zero attached hydrogens (tertiary/aromatic N) is 2. The van der Waals surface area contributed by atoms with E-state index in [4.69, 9.17) is 0 Å². The Balaban J connectivity index is 2.23. The highest BCUT2D eigenvalue weighted by Gasteiger charge is 2.17. The molecular formula is C14H17N3O2S2. The number of benzene rings is 1. The molecule has 0 saturated carbocycles. The second-order valence-electron chi connectivity index (χ2n) is 4.52. The standard InChI is InChI=1S/C14H17N3O2S2/c1-4-9-15-14-16-13(10-20-14)11-5-7-12(8-6-11)21(18,19)17(2)3/h4-8,10H,1,9H2,2-3H3,(H,15,16). The highest BCUT2D eigenvalue weighted by molar-refractivity contribution is 7.89. The molecular weight excluding hydrogens is 306 g/mol. The van der Waals surface area contributed by atoms with Crippen LogP contribution in [-0.2, 0) is 10.0 Å². The summed E-state index contributed by atoms with van der Waals surface area (Å²) in [5.41, 5.74) is 1.70. The third kappa shape index (κ3) is 3.49. The molecule has 0 atom stereocenters. The third-order valence-electron chi connectivity index (χ3n) is 2.83. The van der Waals surface area contributed by atoms with Gasteiger partial charge in [0.2, 0.25) is 10.0 Å². The van der Waals surface area contributed by atoms with Gasteiger partial charge in [-0.3, -0.25) is 0 Å². The first-order chi connectivity index (χ1) is 9.95. The van der Waals surface area contributed by atoms with Crippen LogP contribution in [0.1, 0.15) is 0 Å². The van der Waals surface area contributed by atoms with E-state index >= 15 is 0 Å². The summed E-state index contributed by atoms with van der Waals surface area (Å²) in [5, 5.41) is 5.87. The summed E-state index contributed by atoms with van der Waals surface area (Å²) < 4.78 is 25.2. The molecule has 2 rings (SSSR count). The molecule has 0 amide bonds. The lowest BCUT2D eigenvalue weighted by Gasteiger charge is -2.11. The number of hydrogen-bond donors (Lipinski definition) is 1. The van der Waals surface area contributed by atoms with Gasteiger partial charge in [-0.1, -0.05) is 18.2 Å². The summed E-state index contributed by atoms with van der Waals surface area (Å²) >= 11 is 1.50. The number of nitrogens with one attached hydrogen (secondary N) is 1. The topological polar surface area (TPSA) is 62.3 Å². The van der Waals surface area contributed by atoms with E-state index in [0.29, 0.717) is 6.54 Å². The van der Waals surface area contributed by atoms with Gasteiger partial charge in [0, 0.05) is 31.6 Å². The Labute approximate surface area is 129 Å². The molecule has 0 saturated heterocycles. The van der Waals surface area contributed by atoms with Crippen molar-refractivity contribution < 1.29 is 8.42 Å². The molecule has 0 bridgehead atoms. The van der Waals surface area contributed by atoms with Gasteiger partial charge >= 0.3 is 0 Å². The summed E-state index contributed by atoms with van der Waals surface area (Å²) in [7, 11) is -0.360. The van der Waals surface area contributed by atoms with Crippen LogP contribution in [0.25, 0.3) is 11.3 Å². The zero-order valence-corrected chi connectivity index (χ0v) is 13.5. The molecule has 1 aromatic heterocycles. The summed E-state index contributed by atoms with van der Waals surface area (Å²) in [6.07, 6.45) is 1.77. The maximum Gasteiger partial charge on any atom is 0.242 e. The lowest BCUT2D eigenvalue weighted by atomic mass is 10.2. The van der Waals surface area contributed by atoms with Crippen LogP contribution in [0.4, 0.5) is 5.13 Å². The number of rotatable bonds is 6. The summed E-state index contributed by atoms with van der Waals surface area (Å²) in [6.45, 7) is 4.30. The van der Waals surface area contributed by atoms with Crippen molar-refractivity contribution >= 4 is 26.5 Å². The highest BCUT2D eigenvalue weighted by atomic mass is 32.2. The molecule has 1 aromatic carbocycles. The summed E-state index contributed by atoms with van der Waals surface area (Å²) in [6, 6.07) is 6.73. The van der Waals surface area contributed by atoms with Crippen LogP contribution in [0.5, 0.6) is 0 Å². The molecule has 112 valence electrons. The average Bonchev–Trinajstić information content (AvgIpc) is 2.94. The van der Waals surface area contributed by atoms with Crippen molar-refractivity contribution in [1.29, 1.82) is 0 Å². The van der Waals surface area contributed by atoms with E-state index in [1.165, 1.54) is 29.7 Å². The van der Waals surface area contributed by atoms with E-state index in [2.05, 4.69) is 16.9 Å². The van der Waals surface area contributed by atoms with Crippen molar-refractivity contribution in [2.45, 2.75) is 4.90 Å². The zero-order chi connectivity index (χ0) is 15.5. The maximum atomic E-state index is 12.0. The minimum absolute atomic E-state index is 0.275. The van der Waals surface area contributed by atoms with Gasteiger partial charge in [0.25, 0.3) is 0 Å². The molecule has 5 nitrogen and oxygen atoms in total. The third-order valence-corrected chi connectivity index (χ3v) is 5.46. The number of aromatic nitrogens is 1. The second-order valence-corrected chi connectivity index (χ2v) is 7.53. The molecule has 1 heterocycles. The second kappa shape index (κ2) is 6.38. The molecule has 7 heteroatoms. The Morgan fingerprint density at radius 2 is 2.00 bits per heavy atom. The van der Waals surface area contributed by atoms with E-state index in [9.17, 15) is 8.42 Å². The molecule has 2 aromatic rings. The first kappa shape index (κ1) is 15.7. The van der Waals surface area contributed by atoms with Crippen LogP contribution >= 0.6 is 11.3 Å². The average molecular weight is 323 g/mol. The maximum absolute atomic E-state index is 12.0. The van der Waals surface area contributed by atoms with Crippen molar-refractivity contribution in [1.82, 2.24) is 9.29 Å². The van der Waals surface area contributed by atoms with E-state index in [0.717, 1.165) is 16.4 Å². The Morgan fingerprint density at radius 3 is 2.57 bits per heavy atom. The molecule has 0 aliphatic heterocycles. The Bertz CT molecular complexity index is 719. The molecule has 0 spiro atoms. The molecule has 0 fully saturated rings. The predicted molar refractivity (Wildman–Crippen MR) is 87.1 cm³/mol. The molecule has 0 radical (unpaired) electrons. The van der Waals surface area contributed by atoms with Crippen molar-refractivity contribution in [2.24, 2.45) is 0 Å². The number of anilines is 1. The lowest BCUT2D eigenvalue weighted by Crippen LogP contribution is -2.22. The molecule has 0 unspecified atom stereocenters. The van der Waals surface area contributed by atoms with Gasteiger partial charge in [0.15, 0.2) is 5.13 Å². The van der Waals surface area contributed by atoms with Crippen LogP contribution in [0.3, 0.4) is 0 Å². The number of hydrogen-bond acceptors (Lipinski definition) is 5. The van der Waals surface area contributed by atoms with Crippen molar-refractivity contribution in [3.8, 4) is 11.3 Å². The van der Waals surface area contributed by atoms with E-state index in [1.807, 2.05) is 5.38 Å². The highest BCUT2D eigenvalue weighted by Crippen LogP contribution is 2.26. The van der Waals surface area contributed by atoms with E-state index < -0.39 is 10.0 Å². The van der Waals surface area contributed by atoms with Crippen molar-refractivity contribution in [2.75, 3.05) is 26.0 Å². The number of thiazole rings is 1. The van der Waals surface area contributed by atoms with Gasteiger partial charge in [-0.25, -0.2) is 17.7 Å². The van der Waals surface area contributed by atoms with Crippen LogP contribution in [-0.4, -0.2) is 38.3 Å². The zero-order valence-electron chi connectivity index (χ0n) is 11.9. The van der Waals surface area contributed by atoms with E-state index in [-0.39, 0.29) is 4.90 Å². The summed E-state index contributed by atoms with van der Waals surface area (Å²) in [5.74, 6) is 0.